The van der Waals surface area contributed by atoms with E-state index in [0.717, 1.165) is 25.7 Å². The summed E-state index contributed by atoms with van der Waals surface area (Å²) < 4.78 is 10.1. The van der Waals surface area contributed by atoms with Gasteiger partial charge in [-0.15, -0.1) is 0 Å². The highest BCUT2D eigenvalue weighted by Gasteiger charge is 2.43. The highest BCUT2D eigenvalue weighted by Crippen LogP contribution is 2.31. The van der Waals surface area contributed by atoms with Gasteiger partial charge in [0.15, 0.2) is 0 Å². The number of hydrogen-bond acceptors (Lipinski definition) is 5. The van der Waals surface area contributed by atoms with E-state index in [1.807, 2.05) is 0 Å². The van der Waals surface area contributed by atoms with Crippen LogP contribution < -0.4 is 5.32 Å². The third kappa shape index (κ3) is 4.39. The number of carbonyl (C=O) groups is 3. The summed E-state index contributed by atoms with van der Waals surface area (Å²) in [6, 6.07) is -1.17. The smallest absolute Gasteiger partial charge is 0.408 e. The Kier molecular flexibility index (Phi) is 5.72. The summed E-state index contributed by atoms with van der Waals surface area (Å²) in [5.41, 5.74) is -0.625. The fourth-order valence-corrected chi connectivity index (χ4v) is 3.51. The van der Waals surface area contributed by atoms with Crippen molar-refractivity contribution in [3.8, 4) is 0 Å². The molecule has 1 N–H and O–H groups in total. The van der Waals surface area contributed by atoms with Crippen LogP contribution in [0.15, 0.2) is 0 Å². The van der Waals surface area contributed by atoms with Crippen LogP contribution in [0.2, 0.25) is 0 Å². The molecular formula is C17H28N2O5. The molecule has 2 aliphatic rings. The molecule has 0 aliphatic carbocycles. The Morgan fingerprint density at radius 3 is 2.33 bits per heavy atom. The van der Waals surface area contributed by atoms with Gasteiger partial charge in [-0.3, -0.25) is 4.79 Å². The van der Waals surface area contributed by atoms with Crippen LogP contribution in [-0.2, 0) is 19.1 Å². The number of piperidine rings is 1. The van der Waals surface area contributed by atoms with E-state index >= 15 is 0 Å². The van der Waals surface area contributed by atoms with Crippen molar-refractivity contribution in [2.75, 3.05) is 7.11 Å². The van der Waals surface area contributed by atoms with Crippen LogP contribution in [0.25, 0.3) is 0 Å². The highest BCUT2D eigenvalue weighted by atomic mass is 16.6. The van der Waals surface area contributed by atoms with Gasteiger partial charge in [-0.05, 0) is 59.3 Å². The van der Waals surface area contributed by atoms with Gasteiger partial charge in [0.25, 0.3) is 0 Å². The first kappa shape index (κ1) is 18.5. The monoisotopic (exact) mass is 340 g/mol. The van der Waals surface area contributed by atoms with E-state index in [9.17, 15) is 14.4 Å². The number of fused-ring (bicyclic) bond motifs is 1. The molecule has 0 radical (unpaired) electrons. The zero-order chi connectivity index (χ0) is 17.9. The van der Waals surface area contributed by atoms with E-state index in [1.54, 1.807) is 25.7 Å². The van der Waals surface area contributed by atoms with Gasteiger partial charge in [0.05, 0.1) is 7.11 Å². The van der Waals surface area contributed by atoms with E-state index in [0.29, 0.717) is 12.8 Å². The van der Waals surface area contributed by atoms with Crippen LogP contribution >= 0.6 is 0 Å². The van der Waals surface area contributed by atoms with Crippen molar-refractivity contribution in [2.24, 2.45) is 0 Å². The van der Waals surface area contributed by atoms with Crippen molar-refractivity contribution in [1.82, 2.24) is 10.2 Å². The Morgan fingerprint density at radius 2 is 1.75 bits per heavy atom. The molecular weight excluding hydrogens is 312 g/mol. The Hall–Kier alpha value is -1.79. The second-order valence-corrected chi connectivity index (χ2v) is 7.50. The minimum Gasteiger partial charge on any atom is -0.467 e. The molecule has 0 bridgehead atoms. The van der Waals surface area contributed by atoms with E-state index in [1.165, 1.54) is 7.11 Å². The van der Waals surface area contributed by atoms with Crippen molar-refractivity contribution in [2.45, 2.75) is 83.0 Å². The minimum atomic E-state index is -0.657. The van der Waals surface area contributed by atoms with Crippen molar-refractivity contribution < 1.29 is 23.9 Å². The summed E-state index contributed by atoms with van der Waals surface area (Å²) in [6.45, 7) is 5.32. The Balaban J connectivity index is 2.13. The molecule has 0 aromatic carbocycles. The predicted octanol–water partition coefficient (Wildman–Crippen LogP) is 1.99. The standard InChI is InChI=1S/C17H28N2O5/c1-17(2,3)24-16(22)18-12-9-5-7-11-8-6-10-13(15(21)23-4)19(11)14(12)20/h11-13H,5-10H2,1-4H3,(H,18,22)/t11-,12-,13-/m0/s1. The topological polar surface area (TPSA) is 84.9 Å². The molecule has 136 valence electrons. The first-order valence-corrected chi connectivity index (χ1v) is 8.62. The van der Waals surface area contributed by atoms with Gasteiger partial charge in [0.2, 0.25) is 5.91 Å². The molecule has 3 atom stereocenters. The maximum absolute atomic E-state index is 13.0. The third-order valence-corrected chi connectivity index (χ3v) is 4.49. The largest absolute Gasteiger partial charge is 0.467 e. The average Bonchev–Trinajstić information content (AvgIpc) is 2.64. The number of esters is 1. The molecule has 2 fully saturated rings. The van der Waals surface area contributed by atoms with E-state index < -0.39 is 23.8 Å². The third-order valence-electron chi connectivity index (χ3n) is 4.49. The second kappa shape index (κ2) is 7.40. The number of alkyl carbamates (subject to hydrolysis) is 1. The molecule has 7 nitrogen and oxygen atoms in total. The summed E-state index contributed by atoms with van der Waals surface area (Å²) in [4.78, 5) is 38.7. The molecule has 2 saturated heterocycles. The van der Waals surface area contributed by atoms with Gasteiger partial charge < -0.3 is 19.7 Å². The van der Waals surface area contributed by atoms with Crippen molar-refractivity contribution in [1.29, 1.82) is 0 Å². The summed E-state index contributed by atoms with van der Waals surface area (Å²) >= 11 is 0. The van der Waals surface area contributed by atoms with Gasteiger partial charge in [0, 0.05) is 6.04 Å². The number of nitrogens with one attached hydrogen (secondary N) is 1. The Labute approximate surface area is 143 Å². The highest BCUT2D eigenvalue weighted by molar-refractivity contribution is 5.90. The maximum Gasteiger partial charge on any atom is 0.408 e. The number of methoxy groups -OCH3 is 1. The lowest BCUT2D eigenvalue weighted by Crippen LogP contribution is -2.58. The first-order valence-electron chi connectivity index (χ1n) is 8.62. The molecule has 7 heteroatoms. The molecule has 2 amide bonds. The summed E-state index contributed by atoms with van der Waals surface area (Å²) in [5.74, 6) is -0.593. The summed E-state index contributed by atoms with van der Waals surface area (Å²) in [5, 5.41) is 2.67. The fourth-order valence-electron chi connectivity index (χ4n) is 3.51. The molecule has 2 aliphatic heterocycles. The normalized spacial score (nSPS) is 27.8. The SMILES string of the molecule is COC(=O)[C@@H]1CCC[C@@H]2CCC[C@H](NC(=O)OC(C)(C)C)C(=O)N21. The van der Waals surface area contributed by atoms with Gasteiger partial charge in [-0.25, -0.2) is 9.59 Å². The molecule has 24 heavy (non-hydrogen) atoms. The molecule has 0 aromatic rings. The Bertz CT molecular complexity index is 500. The molecule has 2 rings (SSSR count). The number of amides is 2. The minimum absolute atomic E-state index is 0.0424. The summed E-state index contributed by atoms with van der Waals surface area (Å²) in [6.07, 6.45) is 4.00. The molecule has 0 aromatic heterocycles. The lowest BCUT2D eigenvalue weighted by molar-refractivity contribution is -0.157. The van der Waals surface area contributed by atoms with Crippen LogP contribution in [-0.4, -0.2) is 53.7 Å². The first-order chi connectivity index (χ1) is 11.2. The van der Waals surface area contributed by atoms with Crippen molar-refractivity contribution in [3.05, 3.63) is 0 Å². The number of rotatable bonds is 2. The van der Waals surface area contributed by atoms with Crippen LogP contribution in [0, 0.1) is 0 Å². The van der Waals surface area contributed by atoms with Crippen LogP contribution in [0.5, 0.6) is 0 Å². The number of hydrogen-bond donors (Lipinski definition) is 1. The van der Waals surface area contributed by atoms with E-state index in [2.05, 4.69) is 5.32 Å². The number of nitrogens with zero attached hydrogens (tertiary/aromatic N) is 1. The van der Waals surface area contributed by atoms with Gasteiger partial charge >= 0.3 is 12.1 Å². The van der Waals surface area contributed by atoms with E-state index in [-0.39, 0.29) is 17.9 Å². The molecule has 0 unspecified atom stereocenters. The van der Waals surface area contributed by atoms with Crippen molar-refractivity contribution in [3.63, 3.8) is 0 Å². The molecule has 0 spiro atoms. The summed E-state index contributed by atoms with van der Waals surface area (Å²) in [7, 11) is 1.34. The lowest BCUT2D eigenvalue weighted by Gasteiger charge is -2.40. The number of carbonyl (C=O) groups excluding carboxylic acids is 3. The molecule has 0 saturated carbocycles. The van der Waals surface area contributed by atoms with Gasteiger partial charge in [0.1, 0.15) is 17.7 Å². The average molecular weight is 340 g/mol. The Morgan fingerprint density at radius 1 is 1.12 bits per heavy atom. The second-order valence-electron chi connectivity index (χ2n) is 7.50. The van der Waals surface area contributed by atoms with Crippen LogP contribution in [0.4, 0.5) is 4.79 Å². The predicted molar refractivity (Wildman–Crippen MR) is 87.3 cm³/mol. The quantitative estimate of drug-likeness (QED) is 0.777. The zero-order valence-corrected chi connectivity index (χ0v) is 15.0. The van der Waals surface area contributed by atoms with Crippen molar-refractivity contribution >= 4 is 18.0 Å². The lowest BCUT2D eigenvalue weighted by atomic mass is 9.93. The molecule has 2 heterocycles. The maximum atomic E-state index is 13.0. The van der Waals surface area contributed by atoms with Crippen LogP contribution in [0.1, 0.15) is 59.3 Å². The van der Waals surface area contributed by atoms with Crippen LogP contribution in [0.3, 0.4) is 0 Å². The van der Waals surface area contributed by atoms with E-state index in [4.69, 9.17) is 9.47 Å². The van der Waals surface area contributed by atoms with Gasteiger partial charge in [-0.1, -0.05) is 0 Å². The zero-order valence-electron chi connectivity index (χ0n) is 15.0. The van der Waals surface area contributed by atoms with Gasteiger partial charge in [-0.2, -0.15) is 0 Å². The number of ether oxygens (including phenoxy) is 2. The fraction of sp³-hybridized carbons (Fsp3) is 0.824.